The van der Waals surface area contributed by atoms with Gasteiger partial charge in [0.2, 0.25) is 11.8 Å². The number of benzene rings is 3. The number of amides is 2. The third-order valence-electron chi connectivity index (χ3n) is 4.92. The van der Waals surface area contributed by atoms with E-state index in [4.69, 9.17) is 0 Å². The molecule has 0 aromatic heterocycles. The molecule has 4 rings (SSSR count). The van der Waals surface area contributed by atoms with E-state index in [0.29, 0.717) is 0 Å². The van der Waals surface area contributed by atoms with E-state index in [1.807, 2.05) is 73.7 Å². The number of hydrogen-bond donors (Lipinski definition) is 3. The molecule has 2 amide bonds. The molecule has 1 atom stereocenters. The summed E-state index contributed by atoms with van der Waals surface area (Å²) in [6, 6.07) is 20.8. The zero-order valence-corrected chi connectivity index (χ0v) is 15.7. The highest BCUT2D eigenvalue weighted by Gasteiger charge is 2.29. The van der Waals surface area contributed by atoms with Crippen LogP contribution < -0.4 is 16.0 Å². The molecule has 1 saturated carbocycles. The number of fused-ring (bicyclic) bond motifs is 1. The molecule has 142 valence electrons. The van der Waals surface area contributed by atoms with E-state index >= 15 is 0 Å². The SMILES string of the molecule is CC(Nc1ccc(NC(=O)C2CC2)cc1)C(=O)Nc1cccc2ccccc12. The average molecular weight is 373 g/mol. The summed E-state index contributed by atoms with van der Waals surface area (Å²) in [5.41, 5.74) is 2.40. The maximum atomic E-state index is 12.6. The van der Waals surface area contributed by atoms with Crippen LogP contribution in [-0.4, -0.2) is 17.9 Å². The minimum atomic E-state index is -0.411. The van der Waals surface area contributed by atoms with Gasteiger partial charge in [0.1, 0.15) is 6.04 Å². The molecule has 3 aromatic rings. The standard InChI is InChI=1S/C23H23N3O2/c1-15(22(27)26-21-8-4-6-16-5-2-3-7-20(16)21)24-18-11-13-19(14-12-18)25-23(28)17-9-10-17/h2-8,11-15,17,24H,9-10H2,1H3,(H,25,28)(H,26,27). The molecule has 1 unspecified atom stereocenters. The van der Waals surface area contributed by atoms with Crippen LogP contribution in [0.2, 0.25) is 0 Å². The first-order valence-electron chi connectivity index (χ1n) is 9.56. The van der Waals surface area contributed by atoms with Gasteiger partial charge in [0.15, 0.2) is 0 Å². The van der Waals surface area contributed by atoms with Gasteiger partial charge in [0.05, 0.1) is 0 Å². The normalized spacial score (nSPS) is 14.3. The topological polar surface area (TPSA) is 70.2 Å². The summed E-state index contributed by atoms with van der Waals surface area (Å²) < 4.78 is 0. The van der Waals surface area contributed by atoms with Gasteiger partial charge in [-0.2, -0.15) is 0 Å². The van der Waals surface area contributed by atoms with Gasteiger partial charge in [-0.1, -0.05) is 36.4 Å². The van der Waals surface area contributed by atoms with Gasteiger partial charge in [-0.25, -0.2) is 0 Å². The number of hydrogen-bond acceptors (Lipinski definition) is 3. The van der Waals surface area contributed by atoms with Crippen molar-refractivity contribution in [2.75, 3.05) is 16.0 Å². The highest BCUT2D eigenvalue weighted by atomic mass is 16.2. The Labute approximate surface area is 164 Å². The fraction of sp³-hybridized carbons (Fsp3) is 0.217. The maximum absolute atomic E-state index is 12.6. The summed E-state index contributed by atoms with van der Waals surface area (Å²) in [5, 5.41) is 11.2. The molecule has 0 saturated heterocycles. The number of rotatable bonds is 6. The van der Waals surface area contributed by atoms with Crippen molar-refractivity contribution in [3.63, 3.8) is 0 Å². The van der Waals surface area contributed by atoms with Gasteiger partial charge in [-0.3, -0.25) is 9.59 Å². The van der Waals surface area contributed by atoms with Crippen LogP contribution in [0.3, 0.4) is 0 Å². The van der Waals surface area contributed by atoms with E-state index in [1.54, 1.807) is 0 Å². The Kier molecular flexibility index (Phi) is 4.98. The summed E-state index contributed by atoms with van der Waals surface area (Å²) in [5.74, 6) is 0.154. The lowest BCUT2D eigenvalue weighted by molar-refractivity contribution is -0.117. The number of nitrogens with one attached hydrogen (secondary N) is 3. The van der Waals surface area contributed by atoms with Gasteiger partial charge < -0.3 is 16.0 Å². The zero-order valence-electron chi connectivity index (χ0n) is 15.7. The molecule has 1 aliphatic rings. The summed E-state index contributed by atoms with van der Waals surface area (Å²) in [6.45, 7) is 1.82. The van der Waals surface area contributed by atoms with E-state index in [9.17, 15) is 9.59 Å². The molecule has 5 heteroatoms. The van der Waals surface area contributed by atoms with Crippen LogP contribution in [0.25, 0.3) is 10.8 Å². The fourth-order valence-electron chi connectivity index (χ4n) is 3.13. The Bertz CT molecular complexity index is 1000. The van der Waals surface area contributed by atoms with Crippen molar-refractivity contribution in [3.8, 4) is 0 Å². The molecule has 0 bridgehead atoms. The monoisotopic (exact) mass is 373 g/mol. The second-order valence-corrected chi connectivity index (χ2v) is 7.22. The molecule has 5 nitrogen and oxygen atoms in total. The van der Waals surface area contributed by atoms with Gasteiger partial charge in [0.25, 0.3) is 0 Å². The molecular weight excluding hydrogens is 350 g/mol. The first kappa shape index (κ1) is 18.0. The van der Waals surface area contributed by atoms with E-state index in [0.717, 1.165) is 40.7 Å². The highest BCUT2D eigenvalue weighted by molar-refractivity contribution is 6.04. The third kappa shape index (κ3) is 4.14. The number of anilines is 3. The molecule has 1 fully saturated rings. The predicted molar refractivity (Wildman–Crippen MR) is 113 cm³/mol. The lowest BCUT2D eigenvalue weighted by atomic mass is 10.1. The van der Waals surface area contributed by atoms with Crippen molar-refractivity contribution in [1.29, 1.82) is 0 Å². The predicted octanol–water partition coefficient (Wildman–Crippen LogP) is 4.63. The molecule has 1 aliphatic carbocycles. The van der Waals surface area contributed by atoms with E-state index in [2.05, 4.69) is 16.0 Å². The van der Waals surface area contributed by atoms with Gasteiger partial charge in [-0.05, 0) is 55.5 Å². The molecule has 0 heterocycles. The summed E-state index contributed by atoms with van der Waals surface area (Å²) in [6.07, 6.45) is 1.96. The second-order valence-electron chi connectivity index (χ2n) is 7.22. The van der Waals surface area contributed by atoms with Gasteiger partial charge >= 0.3 is 0 Å². The van der Waals surface area contributed by atoms with Gasteiger partial charge in [-0.15, -0.1) is 0 Å². The third-order valence-corrected chi connectivity index (χ3v) is 4.92. The zero-order chi connectivity index (χ0) is 19.5. The van der Waals surface area contributed by atoms with E-state index in [-0.39, 0.29) is 17.7 Å². The molecule has 0 radical (unpaired) electrons. The van der Waals surface area contributed by atoms with Crippen LogP contribution in [0.5, 0.6) is 0 Å². The minimum absolute atomic E-state index is 0.0866. The Morgan fingerprint density at radius 2 is 1.54 bits per heavy atom. The van der Waals surface area contributed by atoms with Gasteiger partial charge in [0, 0.05) is 28.4 Å². The van der Waals surface area contributed by atoms with Crippen LogP contribution in [-0.2, 0) is 9.59 Å². The Balaban J connectivity index is 1.38. The summed E-state index contributed by atoms with van der Waals surface area (Å²) in [4.78, 5) is 24.4. The van der Waals surface area contributed by atoms with E-state index in [1.165, 1.54) is 0 Å². The van der Waals surface area contributed by atoms with Crippen LogP contribution in [0.15, 0.2) is 66.7 Å². The van der Waals surface area contributed by atoms with Crippen molar-refractivity contribution in [3.05, 3.63) is 66.7 Å². The lowest BCUT2D eigenvalue weighted by Gasteiger charge is -2.16. The lowest BCUT2D eigenvalue weighted by Crippen LogP contribution is -2.31. The Morgan fingerprint density at radius 3 is 2.29 bits per heavy atom. The molecule has 0 spiro atoms. The molecule has 3 N–H and O–H groups in total. The molecule has 3 aromatic carbocycles. The van der Waals surface area contributed by atoms with Crippen molar-refractivity contribution >= 4 is 39.6 Å². The van der Waals surface area contributed by atoms with E-state index < -0.39 is 6.04 Å². The van der Waals surface area contributed by atoms with Crippen LogP contribution in [0.4, 0.5) is 17.1 Å². The smallest absolute Gasteiger partial charge is 0.246 e. The quantitative estimate of drug-likeness (QED) is 0.590. The maximum Gasteiger partial charge on any atom is 0.246 e. The number of carbonyl (C=O) groups is 2. The van der Waals surface area contributed by atoms with Crippen molar-refractivity contribution in [1.82, 2.24) is 0 Å². The highest BCUT2D eigenvalue weighted by Crippen LogP contribution is 2.30. The minimum Gasteiger partial charge on any atom is -0.374 e. The molecule has 28 heavy (non-hydrogen) atoms. The summed E-state index contributed by atoms with van der Waals surface area (Å²) in [7, 11) is 0. The Hall–Kier alpha value is -3.34. The fourth-order valence-corrected chi connectivity index (χ4v) is 3.13. The van der Waals surface area contributed by atoms with Crippen LogP contribution in [0.1, 0.15) is 19.8 Å². The average Bonchev–Trinajstić information content (AvgIpc) is 3.55. The molecule has 0 aliphatic heterocycles. The van der Waals surface area contributed by atoms with Crippen molar-refractivity contribution in [2.45, 2.75) is 25.8 Å². The van der Waals surface area contributed by atoms with Crippen molar-refractivity contribution < 1.29 is 9.59 Å². The number of carbonyl (C=O) groups excluding carboxylic acids is 2. The van der Waals surface area contributed by atoms with Crippen molar-refractivity contribution in [2.24, 2.45) is 5.92 Å². The van der Waals surface area contributed by atoms with Crippen LogP contribution in [0, 0.1) is 5.92 Å². The first-order chi connectivity index (χ1) is 13.6. The Morgan fingerprint density at radius 1 is 0.857 bits per heavy atom. The van der Waals surface area contributed by atoms with Crippen LogP contribution >= 0.6 is 0 Å². The second kappa shape index (κ2) is 7.72. The summed E-state index contributed by atoms with van der Waals surface area (Å²) >= 11 is 0. The molecular formula is C23H23N3O2. The first-order valence-corrected chi connectivity index (χ1v) is 9.56. The largest absolute Gasteiger partial charge is 0.374 e.